The topological polar surface area (TPSA) is 79.5 Å². The van der Waals surface area contributed by atoms with Crippen LogP contribution in [-0.2, 0) is 4.79 Å². The molecule has 0 spiro atoms. The van der Waals surface area contributed by atoms with Crippen LogP contribution in [0.2, 0.25) is 0 Å². The molecule has 0 atom stereocenters. The first-order valence-corrected chi connectivity index (χ1v) is 5.41. The predicted molar refractivity (Wildman–Crippen MR) is 64.2 cm³/mol. The third-order valence-corrected chi connectivity index (χ3v) is 2.00. The molecule has 110 valence electrons. The summed E-state index contributed by atoms with van der Waals surface area (Å²) >= 11 is 0. The van der Waals surface area contributed by atoms with Crippen molar-refractivity contribution < 1.29 is 27.5 Å². The number of imide groups is 1. The van der Waals surface area contributed by atoms with Crippen LogP contribution >= 0.6 is 0 Å². The second-order valence-corrected chi connectivity index (χ2v) is 3.56. The highest BCUT2D eigenvalue weighted by atomic mass is 19.4. The van der Waals surface area contributed by atoms with Crippen molar-refractivity contribution >= 4 is 17.6 Å². The maximum absolute atomic E-state index is 12.0. The van der Waals surface area contributed by atoms with Gasteiger partial charge in [0.25, 0.3) is 0 Å². The number of carbonyl (C=O) groups excluding carboxylic acids is 2. The quantitative estimate of drug-likeness (QED) is 0.784. The van der Waals surface area contributed by atoms with Crippen LogP contribution in [0.25, 0.3) is 0 Å². The summed E-state index contributed by atoms with van der Waals surface area (Å²) in [7, 11) is 1.34. The van der Waals surface area contributed by atoms with Crippen molar-refractivity contribution in [1.29, 1.82) is 0 Å². The predicted octanol–water partition coefficient (Wildman–Crippen LogP) is 1.45. The highest BCUT2D eigenvalue weighted by Crippen LogP contribution is 2.24. The monoisotopic (exact) mass is 291 g/mol. The molecular weight excluding hydrogens is 279 g/mol. The van der Waals surface area contributed by atoms with Crippen LogP contribution in [0.1, 0.15) is 0 Å². The van der Waals surface area contributed by atoms with Gasteiger partial charge in [-0.25, -0.2) is 4.79 Å². The lowest BCUT2D eigenvalue weighted by molar-refractivity contribution is -0.274. The highest BCUT2D eigenvalue weighted by Gasteiger charge is 2.31. The molecule has 0 radical (unpaired) electrons. The first-order chi connectivity index (χ1) is 9.30. The maximum Gasteiger partial charge on any atom is 0.573 e. The fraction of sp³-hybridized carbons (Fsp3) is 0.273. The van der Waals surface area contributed by atoms with E-state index in [0.717, 1.165) is 12.1 Å². The Kier molecular flexibility index (Phi) is 5.18. The molecule has 0 aliphatic rings. The van der Waals surface area contributed by atoms with Gasteiger partial charge >= 0.3 is 12.4 Å². The normalized spacial score (nSPS) is 10.6. The Balaban J connectivity index is 2.54. The van der Waals surface area contributed by atoms with Gasteiger partial charge in [-0.2, -0.15) is 0 Å². The van der Waals surface area contributed by atoms with Crippen LogP contribution in [0.3, 0.4) is 0 Å². The van der Waals surface area contributed by atoms with Gasteiger partial charge in [0.15, 0.2) is 0 Å². The van der Waals surface area contributed by atoms with Gasteiger partial charge in [-0.05, 0) is 12.1 Å². The zero-order chi connectivity index (χ0) is 15.2. The van der Waals surface area contributed by atoms with Crippen LogP contribution in [-0.4, -0.2) is 31.9 Å². The van der Waals surface area contributed by atoms with E-state index in [1.807, 2.05) is 5.32 Å². The summed E-state index contributed by atoms with van der Waals surface area (Å²) in [4.78, 5) is 22.1. The van der Waals surface area contributed by atoms with Crippen LogP contribution in [0.5, 0.6) is 5.75 Å². The lowest BCUT2D eigenvalue weighted by atomic mass is 10.3. The zero-order valence-electron chi connectivity index (χ0n) is 10.4. The number of halogens is 3. The largest absolute Gasteiger partial charge is 0.573 e. The van der Waals surface area contributed by atoms with E-state index in [0.29, 0.717) is 0 Å². The number of anilines is 1. The number of ether oxygens (including phenoxy) is 1. The number of hydrogen-bond acceptors (Lipinski definition) is 4. The van der Waals surface area contributed by atoms with E-state index >= 15 is 0 Å². The van der Waals surface area contributed by atoms with Crippen LogP contribution in [0, 0.1) is 0 Å². The second-order valence-electron chi connectivity index (χ2n) is 3.56. The molecule has 20 heavy (non-hydrogen) atoms. The van der Waals surface area contributed by atoms with Gasteiger partial charge in [-0.3, -0.25) is 10.1 Å². The van der Waals surface area contributed by atoms with E-state index in [4.69, 9.17) is 0 Å². The summed E-state index contributed by atoms with van der Waals surface area (Å²) in [6.45, 7) is -0.275. The minimum Gasteiger partial charge on any atom is -0.406 e. The van der Waals surface area contributed by atoms with Gasteiger partial charge < -0.3 is 15.4 Å². The average Bonchev–Trinajstić information content (AvgIpc) is 2.34. The molecule has 6 nitrogen and oxygen atoms in total. The van der Waals surface area contributed by atoms with Gasteiger partial charge in [-0.1, -0.05) is 6.07 Å². The van der Waals surface area contributed by atoms with E-state index < -0.39 is 24.1 Å². The summed E-state index contributed by atoms with van der Waals surface area (Å²) in [6, 6.07) is 4.33. The number of nitrogens with one attached hydrogen (secondary N) is 3. The van der Waals surface area contributed by atoms with Crippen LogP contribution < -0.4 is 20.7 Å². The summed E-state index contributed by atoms with van der Waals surface area (Å²) in [5.74, 6) is -1.04. The molecule has 3 N–H and O–H groups in total. The Labute approximate surface area is 112 Å². The van der Waals surface area contributed by atoms with E-state index in [2.05, 4.69) is 15.4 Å². The molecule has 1 aromatic rings. The molecule has 1 aromatic carbocycles. The van der Waals surface area contributed by atoms with Crippen molar-refractivity contribution in [2.75, 3.05) is 18.9 Å². The molecule has 0 saturated heterocycles. The number of rotatable bonds is 4. The number of benzene rings is 1. The van der Waals surface area contributed by atoms with Gasteiger partial charge in [-0.15, -0.1) is 13.2 Å². The Morgan fingerprint density at radius 1 is 1.30 bits per heavy atom. The first kappa shape index (κ1) is 15.6. The standard InChI is InChI=1S/C11H12F3N3O3/c1-15-10(19)17-9(18)6-16-7-3-2-4-8(5-7)20-11(12,13)14/h2-5,16H,6H2,1H3,(H2,15,17,18,19). The molecule has 0 aromatic heterocycles. The minimum absolute atomic E-state index is 0.249. The van der Waals surface area contributed by atoms with Gasteiger partial charge in [0.05, 0.1) is 6.54 Å². The van der Waals surface area contributed by atoms with Crippen molar-refractivity contribution in [2.24, 2.45) is 0 Å². The van der Waals surface area contributed by atoms with Crippen molar-refractivity contribution in [3.63, 3.8) is 0 Å². The lowest BCUT2D eigenvalue weighted by Gasteiger charge is -2.11. The molecular formula is C11H12F3N3O3. The third kappa shape index (κ3) is 5.94. The molecule has 0 bridgehead atoms. The number of alkyl halides is 3. The third-order valence-electron chi connectivity index (χ3n) is 2.00. The van der Waals surface area contributed by atoms with Gasteiger partial charge in [0.1, 0.15) is 5.75 Å². The first-order valence-electron chi connectivity index (χ1n) is 5.41. The van der Waals surface area contributed by atoms with Crippen molar-refractivity contribution in [2.45, 2.75) is 6.36 Å². The second kappa shape index (κ2) is 6.64. The Bertz CT molecular complexity index is 491. The summed E-state index contributed by atoms with van der Waals surface area (Å²) < 4.78 is 39.8. The summed E-state index contributed by atoms with van der Waals surface area (Å²) in [5.41, 5.74) is 0.249. The number of carbonyl (C=O) groups is 2. The molecule has 0 aliphatic carbocycles. The molecule has 0 unspecified atom stereocenters. The molecule has 9 heteroatoms. The van der Waals surface area contributed by atoms with Crippen molar-refractivity contribution in [1.82, 2.24) is 10.6 Å². The maximum atomic E-state index is 12.0. The van der Waals surface area contributed by atoms with E-state index in [-0.39, 0.29) is 12.2 Å². The molecule has 1 rings (SSSR count). The van der Waals surface area contributed by atoms with E-state index in [1.165, 1.54) is 19.2 Å². The minimum atomic E-state index is -4.78. The van der Waals surface area contributed by atoms with Crippen molar-refractivity contribution in [3.8, 4) is 5.75 Å². The smallest absolute Gasteiger partial charge is 0.406 e. The lowest BCUT2D eigenvalue weighted by Crippen LogP contribution is -2.40. The molecule has 0 aliphatic heterocycles. The SMILES string of the molecule is CNC(=O)NC(=O)CNc1cccc(OC(F)(F)F)c1. The Hall–Kier alpha value is -2.45. The number of amides is 3. The van der Waals surface area contributed by atoms with Crippen LogP contribution in [0.15, 0.2) is 24.3 Å². The molecule has 3 amide bonds. The van der Waals surface area contributed by atoms with Crippen LogP contribution in [0.4, 0.5) is 23.7 Å². The van der Waals surface area contributed by atoms with Gasteiger partial charge in [0, 0.05) is 18.8 Å². The molecule has 0 saturated carbocycles. The summed E-state index contributed by atoms with van der Waals surface area (Å²) in [6.07, 6.45) is -4.78. The summed E-state index contributed by atoms with van der Waals surface area (Å²) in [5, 5.41) is 6.74. The fourth-order valence-electron chi connectivity index (χ4n) is 1.22. The highest BCUT2D eigenvalue weighted by molar-refractivity contribution is 5.96. The van der Waals surface area contributed by atoms with Gasteiger partial charge in [0.2, 0.25) is 5.91 Å². The van der Waals surface area contributed by atoms with Crippen molar-refractivity contribution in [3.05, 3.63) is 24.3 Å². The molecule has 0 heterocycles. The Morgan fingerprint density at radius 2 is 2.00 bits per heavy atom. The number of urea groups is 1. The number of hydrogen-bond donors (Lipinski definition) is 3. The van der Waals surface area contributed by atoms with E-state index in [9.17, 15) is 22.8 Å². The fourth-order valence-corrected chi connectivity index (χ4v) is 1.22. The average molecular weight is 291 g/mol. The Morgan fingerprint density at radius 3 is 2.60 bits per heavy atom. The zero-order valence-corrected chi connectivity index (χ0v) is 10.4. The van der Waals surface area contributed by atoms with E-state index in [1.54, 1.807) is 0 Å². The molecule has 0 fully saturated rings.